The molecular weight excluding hydrogens is 248 g/mol. The van der Waals surface area contributed by atoms with E-state index in [1.807, 2.05) is 19.1 Å². The maximum absolute atomic E-state index is 5.96. The molecule has 2 N–H and O–H groups in total. The van der Waals surface area contributed by atoms with Crippen LogP contribution in [0.3, 0.4) is 0 Å². The molecule has 0 atom stereocenters. The van der Waals surface area contributed by atoms with Crippen LogP contribution in [0, 0.1) is 13.8 Å². The largest absolute Gasteiger partial charge is 0.439 e. The fourth-order valence-corrected chi connectivity index (χ4v) is 2.36. The zero-order valence-electron chi connectivity index (χ0n) is 11.8. The number of nitrogens with two attached hydrogens (primary N) is 1. The molecule has 1 aromatic heterocycles. The van der Waals surface area contributed by atoms with Crippen LogP contribution in [0.1, 0.15) is 22.6 Å². The Balaban J connectivity index is 1.81. The number of rotatable bonds is 3. The van der Waals surface area contributed by atoms with E-state index in [9.17, 15) is 0 Å². The van der Waals surface area contributed by atoms with Crippen molar-refractivity contribution >= 4 is 16.8 Å². The molecule has 0 saturated carbocycles. The molecular formula is C17H18N2O. The van der Waals surface area contributed by atoms with E-state index in [4.69, 9.17) is 10.2 Å². The summed E-state index contributed by atoms with van der Waals surface area (Å²) in [6, 6.07) is 12.5. The number of anilines is 1. The van der Waals surface area contributed by atoms with Crippen LogP contribution in [0.25, 0.3) is 11.1 Å². The Hall–Kier alpha value is -2.29. The lowest BCUT2D eigenvalue weighted by molar-refractivity contribution is 0.529. The third-order valence-corrected chi connectivity index (χ3v) is 3.46. The van der Waals surface area contributed by atoms with Crippen molar-refractivity contribution in [3.63, 3.8) is 0 Å². The third-order valence-electron chi connectivity index (χ3n) is 3.46. The van der Waals surface area contributed by atoms with E-state index >= 15 is 0 Å². The lowest BCUT2D eigenvalue weighted by Crippen LogP contribution is -1.91. The lowest BCUT2D eigenvalue weighted by atomic mass is 10.1. The Labute approximate surface area is 118 Å². The molecule has 0 bridgehead atoms. The van der Waals surface area contributed by atoms with E-state index in [0.717, 1.165) is 29.8 Å². The molecule has 0 radical (unpaired) electrons. The van der Waals surface area contributed by atoms with Gasteiger partial charge in [-0.3, -0.25) is 0 Å². The first-order valence-corrected chi connectivity index (χ1v) is 6.83. The van der Waals surface area contributed by atoms with Crippen LogP contribution >= 0.6 is 0 Å². The van der Waals surface area contributed by atoms with Gasteiger partial charge in [0.05, 0.1) is 5.69 Å². The summed E-state index contributed by atoms with van der Waals surface area (Å²) in [5.74, 6) is 0.748. The van der Waals surface area contributed by atoms with Gasteiger partial charge in [0.2, 0.25) is 0 Å². The summed E-state index contributed by atoms with van der Waals surface area (Å²) >= 11 is 0. The Morgan fingerprint density at radius 1 is 1.00 bits per heavy atom. The first kappa shape index (κ1) is 12.7. The summed E-state index contributed by atoms with van der Waals surface area (Å²) in [6.45, 7) is 4.10. The second kappa shape index (κ2) is 5.00. The average molecular weight is 266 g/mol. The molecule has 0 aliphatic heterocycles. The summed E-state index contributed by atoms with van der Waals surface area (Å²) in [4.78, 5) is 4.52. The van der Waals surface area contributed by atoms with Crippen molar-refractivity contribution in [3.8, 4) is 0 Å². The lowest BCUT2D eigenvalue weighted by Gasteiger charge is -1.99. The maximum atomic E-state index is 5.96. The van der Waals surface area contributed by atoms with Gasteiger partial charge in [-0.1, -0.05) is 29.8 Å². The number of hydrogen-bond donors (Lipinski definition) is 1. The molecule has 0 fully saturated rings. The van der Waals surface area contributed by atoms with Crippen molar-refractivity contribution in [2.45, 2.75) is 26.7 Å². The normalized spacial score (nSPS) is 11.1. The number of fused-ring (bicyclic) bond motifs is 1. The van der Waals surface area contributed by atoms with Crippen molar-refractivity contribution in [1.82, 2.24) is 4.98 Å². The molecule has 3 nitrogen and oxygen atoms in total. The number of benzene rings is 2. The van der Waals surface area contributed by atoms with E-state index in [2.05, 4.69) is 36.2 Å². The van der Waals surface area contributed by atoms with Gasteiger partial charge < -0.3 is 10.2 Å². The summed E-state index contributed by atoms with van der Waals surface area (Å²) in [7, 11) is 0. The highest BCUT2D eigenvalue weighted by Crippen LogP contribution is 2.24. The number of nitrogens with zero attached hydrogens (tertiary/aromatic N) is 1. The molecule has 0 amide bonds. The predicted molar refractivity (Wildman–Crippen MR) is 81.7 cm³/mol. The van der Waals surface area contributed by atoms with Crippen molar-refractivity contribution in [3.05, 3.63) is 59.0 Å². The number of aryl methyl sites for hydroxylation is 4. The van der Waals surface area contributed by atoms with Crippen molar-refractivity contribution < 1.29 is 4.42 Å². The van der Waals surface area contributed by atoms with E-state index in [1.165, 1.54) is 11.1 Å². The monoisotopic (exact) mass is 266 g/mol. The number of hydrogen-bond acceptors (Lipinski definition) is 3. The molecule has 102 valence electrons. The Morgan fingerprint density at radius 2 is 1.75 bits per heavy atom. The van der Waals surface area contributed by atoms with E-state index in [1.54, 1.807) is 0 Å². The molecule has 2 aromatic carbocycles. The summed E-state index contributed by atoms with van der Waals surface area (Å²) in [6.07, 6.45) is 1.71. The maximum Gasteiger partial charge on any atom is 0.195 e. The first-order chi connectivity index (χ1) is 9.61. The standard InChI is InChI=1S/C17H18N2O/c1-11-3-5-13(6-4-11)7-8-16-19-15-10-12(2)9-14(18)17(15)20-16/h3-6,9-10H,7-8,18H2,1-2H3. The highest BCUT2D eigenvalue weighted by atomic mass is 16.3. The summed E-state index contributed by atoms with van der Waals surface area (Å²) in [5.41, 5.74) is 11.8. The van der Waals surface area contributed by atoms with Crippen LogP contribution in [0.5, 0.6) is 0 Å². The van der Waals surface area contributed by atoms with E-state index in [0.29, 0.717) is 11.3 Å². The van der Waals surface area contributed by atoms with Gasteiger partial charge in [-0.25, -0.2) is 4.98 Å². The molecule has 3 rings (SSSR count). The van der Waals surface area contributed by atoms with Gasteiger partial charge in [0.1, 0.15) is 5.52 Å². The second-order valence-corrected chi connectivity index (χ2v) is 5.30. The average Bonchev–Trinajstić information content (AvgIpc) is 2.81. The molecule has 0 spiro atoms. The third kappa shape index (κ3) is 2.52. The van der Waals surface area contributed by atoms with Gasteiger partial charge in [0.15, 0.2) is 11.5 Å². The number of oxazole rings is 1. The molecule has 0 aliphatic carbocycles. The number of aromatic nitrogens is 1. The topological polar surface area (TPSA) is 52.0 Å². The van der Waals surface area contributed by atoms with Crippen LogP contribution in [-0.4, -0.2) is 4.98 Å². The highest BCUT2D eigenvalue weighted by molar-refractivity contribution is 5.85. The van der Waals surface area contributed by atoms with Crippen LogP contribution in [0.4, 0.5) is 5.69 Å². The minimum absolute atomic E-state index is 0.661. The zero-order valence-corrected chi connectivity index (χ0v) is 11.8. The minimum atomic E-state index is 0.661. The van der Waals surface area contributed by atoms with Gasteiger partial charge in [0, 0.05) is 6.42 Å². The van der Waals surface area contributed by atoms with E-state index in [-0.39, 0.29) is 0 Å². The fraction of sp³-hybridized carbons (Fsp3) is 0.235. The van der Waals surface area contributed by atoms with Gasteiger partial charge in [-0.2, -0.15) is 0 Å². The number of nitrogen functional groups attached to an aromatic ring is 1. The van der Waals surface area contributed by atoms with Crippen molar-refractivity contribution in [2.24, 2.45) is 0 Å². The minimum Gasteiger partial charge on any atom is -0.439 e. The van der Waals surface area contributed by atoms with Gasteiger partial charge >= 0.3 is 0 Å². The van der Waals surface area contributed by atoms with Gasteiger partial charge in [-0.15, -0.1) is 0 Å². The van der Waals surface area contributed by atoms with Gasteiger partial charge in [0.25, 0.3) is 0 Å². The van der Waals surface area contributed by atoms with Crippen LogP contribution in [0.15, 0.2) is 40.8 Å². The van der Waals surface area contributed by atoms with E-state index < -0.39 is 0 Å². The molecule has 3 aromatic rings. The Bertz CT molecular complexity index is 742. The summed E-state index contributed by atoms with van der Waals surface area (Å²) < 4.78 is 5.76. The Morgan fingerprint density at radius 3 is 2.50 bits per heavy atom. The molecule has 0 aliphatic rings. The highest BCUT2D eigenvalue weighted by Gasteiger charge is 2.09. The molecule has 0 unspecified atom stereocenters. The predicted octanol–water partition coefficient (Wildman–Crippen LogP) is 3.81. The SMILES string of the molecule is Cc1ccc(CCc2nc3cc(C)cc(N)c3o2)cc1. The van der Waals surface area contributed by atoms with Crippen molar-refractivity contribution in [1.29, 1.82) is 0 Å². The Kier molecular flexibility index (Phi) is 3.18. The van der Waals surface area contributed by atoms with Crippen molar-refractivity contribution in [2.75, 3.05) is 5.73 Å². The first-order valence-electron chi connectivity index (χ1n) is 6.83. The molecule has 1 heterocycles. The van der Waals surface area contributed by atoms with Gasteiger partial charge in [-0.05, 0) is 43.5 Å². The second-order valence-electron chi connectivity index (χ2n) is 5.30. The smallest absolute Gasteiger partial charge is 0.195 e. The summed E-state index contributed by atoms with van der Waals surface area (Å²) in [5, 5.41) is 0. The van der Waals surface area contributed by atoms with Crippen LogP contribution in [-0.2, 0) is 12.8 Å². The molecule has 0 saturated heterocycles. The quantitative estimate of drug-likeness (QED) is 0.733. The fourth-order valence-electron chi connectivity index (χ4n) is 2.36. The zero-order chi connectivity index (χ0) is 14.1. The van der Waals surface area contributed by atoms with Crippen LogP contribution < -0.4 is 5.73 Å². The van der Waals surface area contributed by atoms with Crippen LogP contribution in [0.2, 0.25) is 0 Å². The molecule has 3 heteroatoms. The molecule has 20 heavy (non-hydrogen) atoms.